The average Bonchev–Trinajstić information content (AvgIpc) is 3.47. The van der Waals surface area contributed by atoms with Crippen LogP contribution in [0.1, 0.15) is 62.0 Å². The van der Waals surface area contributed by atoms with Gasteiger partial charge >= 0.3 is 0 Å². The minimum absolute atomic E-state index is 0.0170. The van der Waals surface area contributed by atoms with Crippen molar-refractivity contribution in [2.75, 3.05) is 26.8 Å². The molecular formula is C22H35N5O3. The molecular weight excluding hydrogens is 382 g/mol. The highest BCUT2D eigenvalue weighted by molar-refractivity contribution is 5.80. The van der Waals surface area contributed by atoms with Gasteiger partial charge in [0.25, 0.3) is 0 Å². The van der Waals surface area contributed by atoms with Gasteiger partial charge in [-0.1, -0.05) is 25.1 Å². The Labute approximate surface area is 179 Å². The van der Waals surface area contributed by atoms with Crippen LogP contribution in [0.4, 0.5) is 0 Å². The summed E-state index contributed by atoms with van der Waals surface area (Å²) in [7, 11) is 1.72. The molecule has 4 N–H and O–H groups in total. The first-order valence-corrected chi connectivity index (χ1v) is 11.2. The first-order chi connectivity index (χ1) is 14.6. The fourth-order valence-electron chi connectivity index (χ4n) is 4.74. The molecule has 2 heterocycles. The standard InChI is InChI=1S/C22H35N5O3/c1-4-20-25-21(26-30-20)16-6-8-17-15(12-16)7-9-19(17)24-22(28)18-13-23-27(14(18)2)10-5-11-29-3/h6,8,12,14,18-21,23,25-26H,4-5,7,9-11,13H2,1-3H3,(H,24,28)/t14?,18?,19-,20?,21?/m1/s1. The number of nitrogens with one attached hydrogen (secondary N) is 4. The van der Waals surface area contributed by atoms with Crippen LogP contribution in [0.25, 0.3) is 0 Å². The normalized spacial score (nSPS) is 31.2. The summed E-state index contributed by atoms with van der Waals surface area (Å²) in [5.74, 6) is 0.107. The number of ether oxygens (including phenoxy) is 1. The van der Waals surface area contributed by atoms with Gasteiger partial charge in [0.1, 0.15) is 12.4 Å². The van der Waals surface area contributed by atoms with Crippen LogP contribution >= 0.6 is 0 Å². The Morgan fingerprint density at radius 3 is 3.03 bits per heavy atom. The zero-order valence-corrected chi connectivity index (χ0v) is 18.2. The molecule has 0 aromatic heterocycles. The molecule has 2 saturated heterocycles. The van der Waals surface area contributed by atoms with Gasteiger partial charge in [-0.3, -0.25) is 20.4 Å². The van der Waals surface area contributed by atoms with Crippen molar-refractivity contribution in [3.8, 4) is 0 Å². The highest BCUT2D eigenvalue weighted by atomic mass is 16.7. The molecule has 2 aliphatic heterocycles. The van der Waals surface area contributed by atoms with Crippen LogP contribution in [-0.2, 0) is 20.8 Å². The van der Waals surface area contributed by atoms with Gasteiger partial charge in [0, 0.05) is 32.8 Å². The quantitative estimate of drug-likeness (QED) is 0.477. The largest absolute Gasteiger partial charge is 0.385 e. The lowest BCUT2D eigenvalue weighted by Crippen LogP contribution is -2.41. The minimum Gasteiger partial charge on any atom is -0.385 e. The van der Waals surface area contributed by atoms with E-state index in [1.165, 1.54) is 16.7 Å². The summed E-state index contributed by atoms with van der Waals surface area (Å²) in [6.07, 6.45) is 3.88. The summed E-state index contributed by atoms with van der Waals surface area (Å²) in [6.45, 7) is 6.53. The Kier molecular flexibility index (Phi) is 7.02. The van der Waals surface area contributed by atoms with E-state index in [4.69, 9.17) is 9.57 Å². The molecule has 166 valence electrons. The number of carbonyl (C=O) groups is 1. The van der Waals surface area contributed by atoms with Crippen molar-refractivity contribution < 1.29 is 14.4 Å². The lowest BCUT2D eigenvalue weighted by Gasteiger charge is -2.24. The van der Waals surface area contributed by atoms with Crippen LogP contribution in [0, 0.1) is 5.92 Å². The second-order valence-corrected chi connectivity index (χ2v) is 8.54. The molecule has 1 aromatic rings. The van der Waals surface area contributed by atoms with Gasteiger partial charge in [0.2, 0.25) is 5.91 Å². The molecule has 2 fully saturated rings. The number of nitrogens with zero attached hydrogens (tertiary/aromatic N) is 1. The average molecular weight is 418 g/mol. The fraction of sp³-hybridized carbons (Fsp3) is 0.682. The van der Waals surface area contributed by atoms with Crippen molar-refractivity contribution in [2.45, 2.75) is 64.0 Å². The van der Waals surface area contributed by atoms with Gasteiger partial charge in [-0.05, 0) is 49.3 Å². The summed E-state index contributed by atoms with van der Waals surface area (Å²) in [6, 6.07) is 6.81. The van der Waals surface area contributed by atoms with Gasteiger partial charge in [-0.2, -0.15) is 5.48 Å². The van der Waals surface area contributed by atoms with E-state index in [2.05, 4.69) is 58.6 Å². The van der Waals surface area contributed by atoms with E-state index >= 15 is 0 Å². The van der Waals surface area contributed by atoms with Crippen molar-refractivity contribution in [3.05, 3.63) is 34.9 Å². The van der Waals surface area contributed by atoms with Crippen LogP contribution < -0.4 is 21.5 Å². The number of hydrazine groups is 1. The third kappa shape index (κ3) is 4.54. The zero-order valence-electron chi connectivity index (χ0n) is 18.2. The maximum Gasteiger partial charge on any atom is 0.226 e. The van der Waals surface area contributed by atoms with Gasteiger partial charge in [0.15, 0.2) is 0 Å². The van der Waals surface area contributed by atoms with Gasteiger partial charge < -0.3 is 10.1 Å². The Bertz CT molecular complexity index is 745. The van der Waals surface area contributed by atoms with E-state index in [1.807, 2.05) is 0 Å². The van der Waals surface area contributed by atoms with Crippen LogP contribution in [-0.4, -0.2) is 50.0 Å². The molecule has 4 rings (SSSR count). The number of fused-ring (bicyclic) bond motifs is 1. The predicted octanol–water partition coefficient (Wildman–Crippen LogP) is 1.51. The molecule has 30 heavy (non-hydrogen) atoms. The highest BCUT2D eigenvalue weighted by Crippen LogP contribution is 2.34. The summed E-state index contributed by atoms with van der Waals surface area (Å²) in [5.41, 5.74) is 10.2. The molecule has 1 aromatic carbocycles. The Hall–Kier alpha value is -1.55. The maximum atomic E-state index is 13.0. The maximum absolute atomic E-state index is 13.0. The number of amides is 1. The number of hydrogen-bond acceptors (Lipinski definition) is 7. The predicted molar refractivity (Wildman–Crippen MR) is 114 cm³/mol. The third-order valence-electron chi connectivity index (χ3n) is 6.62. The first-order valence-electron chi connectivity index (χ1n) is 11.2. The Balaban J connectivity index is 1.34. The number of carbonyl (C=O) groups excluding carboxylic acids is 1. The van der Waals surface area contributed by atoms with Gasteiger partial charge in [-0.15, -0.1) is 0 Å². The molecule has 3 aliphatic rings. The molecule has 1 aliphatic carbocycles. The molecule has 0 radical (unpaired) electrons. The molecule has 1 amide bonds. The molecule has 0 bridgehead atoms. The lowest BCUT2D eigenvalue weighted by atomic mass is 10.00. The number of benzene rings is 1. The van der Waals surface area contributed by atoms with E-state index in [1.54, 1.807) is 7.11 Å². The Morgan fingerprint density at radius 2 is 2.27 bits per heavy atom. The minimum atomic E-state index is -0.0362. The number of hydrogen-bond donors (Lipinski definition) is 4. The van der Waals surface area contributed by atoms with Crippen molar-refractivity contribution in [3.63, 3.8) is 0 Å². The van der Waals surface area contributed by atoms with Crippen molar-refractivity contribution in [2.24, 2.45) is 5.92 Å². The second kappa shape index (κ2) is 9.72. The summed E-state index contributed by atoms with van der Waals surface area (Å²) in [4.78, 5) is 18.5. The van der Waals surface area contributed by atoms with Crippen molar-refractivity contribution in [1.82, 2.24) is 26.5 Å². The lowest BCUT2D eigenvalue weighted by molar-refractivity contribution is -0.126. The van der Waals surface area contributed by atoms with E-state index in [-0.39, 0.29) is 36.3 Å². The molecule has 5 atom stereocenters. The topological polar surface area (TPSA) is 86.9 Å². The summed E-state index contributed by atoms with van der Waals surface area (Å²) < 4.78 is 5.14. The zero-order chi connectivity index (χ0) is 21.1. The SMILES string of the molecule is CCC1NC(c2ccc3c(c2)CC[C@H]3NC(=O)C2CNN(CCCOC)C2C)NO1. The molecule has 0 saturated carbocycles. The number of aryl methyl sites for hydroxylation is 1. The fourth-order valence-corrected chi connectivity index (χ4v) is 4.74. The Morgan fingerprint density at radius 1 is 1.40 bits per heavy atom. The van der Waals surface area contributed by atoms with E-state index in [0.717, 1.165) is 38.8 Å². The summed E-state index contributed by atoms with van der Waals surface area (Å²) >= 11 is 0. The van der Waals surface area contributed by atoms with Crippen LogP contribution in [0.5, 0.6) is 0 Å². The third-order valence-corrected chi connectivity index (χ3v) is 6.62. The van der Waals surface area contributed by atoms with E-state index in [9.17, 15) is 4.79 Å². The van der Waals surface area contributed by atoms with Crippen LogP contribution in [0.15, 0.2) is 18.2 Å². The molecule has 0 spiro atoms. The first kappa shape index (κ1) is 21.7. The van der Waals surface area contributed by atoms with Gasteiger partial charge in [0.05, 0.1) is 12.0 Å². The number of rotatable bonds is 8. The molecule has 4 unspecified atom stereocenters. The van der Waals surface area contributed by atoms with E-state index < -0.39 is 0 Å². The summed E-state index contributed by atoms with van der Waals surface area (Å²) in [5, 5.41) is 8.92. The van der Waals surface area contributed by atoms with Crippen molar-refractivity contribution in [1.29, 1.82) is 0 Å². The second-order valence-electron chi connectivity index (χ2n) is 8.54. The smallest absolute Gasteiger partial charge is 0.226 e. The van der Waals surface area contributed by atoms with Crippen molar-refractivity contribution >= 4 is 5.91 Å². The highest BCUT2D eigenvalue weighted by Gasteiger charge is 2.37. The monoisotopic (exact) mass is 417 g/mol. The van der Waals surface area contributed by atoms with Crippen LogP contribution in [0.3, 0.4) is 0 Å². The van der Waals surface area contributed by atoms with Crippen LogP contribution in [0.2, 0.25) is 0 Å². The molecule has 8 nitrogen and oxygen atoms in total. The van der Waals surface area contributed by atoms with E-state index in [0.29, 0.717) is 6.54 Å². The number of hydroxylamine groups is 1. The van der Waals surface area contributed by atoms with Gasteiger partial charge in [-0.25, -0.2) is 5.01 Å². The molecule has 8 heteroatoms. The number of methoxy groups -OCH3 is 1.